The summed E-state index contributed by atoms with van der Waals surface area (Å²) in [4.78, 5) is 0. The Balaban J connectivity index is 2.03. The van der Waals surface area contributed by atoms with E-state index in [0.29, 0.717) is 21.3 Å². The molecule has 0 saturated carbocycles. The van der Waals surface area contributed by atoms with Crippen molar-refractivity contribution in [3.05, 3.63) is 54.8 Å². The topological polar surface area (TPSA) is 25.2 Å². The van der Waals surface area contributed by atoms with Gasteiger partial charge in [-0.25, -0.2) is 0 Å². The second-order valence-corrected chi connectivity index (χ2v) is 6.52. The van der Waals surface area contributed by atoms with E-state index >= 15 is 0 Å². The van der Waals surface area contributed by atoms with Gasteiger partial charge in [-0.3, -0.25) is 0 Å². The smallest absolute Gasteiger partial charge is 0.183 e. The van der Waals surface area contributed by atoms with Crippen molar-refractivity contribution in [1.82, 2.24) is 5.32 Å². The molecule has 2 nitrogen and oxygen atoms in total. The molecule has 1 aromatic carbocycles. The van der Waals surface area contributed by atoms with Gasteiger partial charge in [0.05, 0.1) is 11.0 Å². The molecule has 0 aliphatic rings. The first-order valence-corrected chi connectivity index (χ1v) is 7.93. The van der Waals surface area contributed by atoms with Gasteiger partial charge in [-0.15, -0.1) is 0 Å². The quantitative estimate of drug-likeness (QED) is 0.651. The molecule has 1 N–H and O–H groups in total. The van der Waals surface area contributed by atoms with E-state index in [0.717, 1.165) is 15.8 Å². The van der Waals surface area contributed by atoms with Crippen LogP contribution in [-0.4, -0.2) is 0 Å². The molecular weight excluding hydrogens is 417 g/mol. The largest absolute Gasteiger partial charge is 0.452 e. The Morgan fingerprint density at radius 3 is 2.58 bits per heavy atom. The lowest BCUT2D eigenvalue weighted by Crippen LogP contribution is -2.18. The maximum Gasteiger partial charge on any atom is 0.183 e. The molecule has 0 fully saturated rings. The number of rotatable bonds is 4. The maximum absolute atomic E-state index is 6.17. The van der Waals surface area contributed by atoms with E-state index in [9.17, 15) is 0 Å². The van der Waals surface area contributed by atoms with Crippen LogP contribution in [0.4, 0.5) is 0 Å². The van der Waals surface area contributed by atoms with E-state index in [1.165, 1.54) is 0 Å². The van der Waals surface area contributed by atoms with Gasteiger partial charge in [-0.2, -0.15) is 0 Å². The summed E-state index contributed by atoms with van der Waals surface area (Å²) in [7, 11) is 0. The monoisotopic (exact) mass is 425 g/mol. The van der Waals surface area contributed by atoms with Gasteiger partial charge in [0.25, 0.3) is 0 Å². The normalized spacial score (nSPS) is 12.7. The van der Waals surface area contributed by atoms with Crippen LogP contribution >= 0.6 is 55.1 Å². The van der Waals surface area contributed by atoms with Crippen LogP contribution in [0.2, 0.25) is 10.0 Å². The molecule has 2 rings (SSSR count). The molecule has 1 unspecified atom stereocenters. The zero-order valence-electron chi connectivity index (χ0n) is 10.0. The Labute approximate surface area is 138 Å². The standard InChI is InChI=1S/C13H11Br2Cl2NO/c1-7(10-3-2-8(16)4-12(10)17)18-6-9-5-11(14)13(15)19-9/h2-5,7,18H,6H2,1H3. The van der Waals surface area contributed by atoms with Crippen LogP contribution in [-0.2, 0) is 6.54 Å². The predicted octanol–water partition coefficient (Wildman–Crippen LogP) is 5.96. The van der Waals surface area contributed by atoms with Gasteiger partial charge in [0, 0.05) is 16.1 Å². The van der Waals surface area contributed by atoms with Gasteiger partial charge < -0.3 is 9.73 Å². The van der Waals surface area contributed by atoms with Crippen LogP contribution in [0.15, 0.2) is 37.8 Å². The summed E-state index contributed by atoms with van der Waals surface area (Å²) < 4.78 is 7.10. The average molecular weight is 428 g/mol. The van der Waals surface area contributed by atoms with E-state index in [2.05, 4.69) is 37.2 Å². The van der Waals surface area contributed by atoms with Crippen LogP contribution in [0.5, 0.6) is 0 Å². The fourth-order valence-corrected chi connectivity index (χ4v) is 2.93. The molecule has 19 heavy (non-hydrogen) atoms. The Morgan fingerprint density at radius 1 is 1.26 bits per heavy atom. The Hall–Kier alpha value is -0.000000000000000167. The highest BCUT2D eigenvalue weighted by molar-refractivity contribution is 9.13. The second-order valence-electron chi connectivity index (χ2n) is 4.10. The summed E-state index contributed by atoms with van der Waals surface area (Å²) in [5, 5.41) is 4.65. The molecule has 102 valence electrons. The van der Waals surface area contributed by atoms with Crippen molar-refractivity contribution in [3.63, 3.8) is 0 Å². The van der Waals surface area contributed by atoms with Gasteiger partial charge in [0.2, 0.25) is 0 Å². The third-order valence-electron chi connectivity index (χ3n) is 2.71. The predicted molar refractivity (Wildman–Crippen MR) is 85.8 cm³/mol. The summed E-state index contributed by atoms with van der Waals surface area (Å²) in [6.07, 6.45) is 0. The van der Waals surface area contributed by atoms with Gasteiger partial charge in [-0.05, 0) is 62.5 Å². The zero-order chi connectivity index (χ0) is 14.0. The van der Waals surface area contributed by atoms with Crippen molar-refractivity contribution in [1.29, 1.82) is 0 Å². The minimum Gasteiger partial charge on any atom is -0.452 e. The molecule has 0 spiro atoms. The molecule has 1 heterocycles. The van der Waals surface area contributed by atoms with E-state index in [1.807, 2.05) is 25.1 Å². The molecule has 0 radical (unpaired) electrons. The summed E-state index contributed by atoms with van der Waals surface area (Å²) in [6, 6.07) is 7.54. The molecule has 0 aliphatic carbocycles. The maximum atomic E-state index is 6.17. The number of hydrogen-bond acceptors (Lipinski definition) is 2. The third-order valence-corrected chi connectivity index (χ3v) is 4.98. The van der Waals surface area contributed by atoms with Gasteiger partial charge in [0.15, 0.2) is 4.67 Å². The summed E-state index contributed by atoms with van der Waals surface area (Å²) in [5.41, 5.74) is 1.01. The SMILES string of the molecule is CC(NCc1cc(Br)c(Br)o1)c1ccc(Cl)cc1Cl. The highest BCUT2D eigenvalue weighted by Crippen LogP contribution is 2.28. The Morgan fingerprint density at radius 2 is 2.00 bits per heavy atom. The highest BCUT2D eigenvalue weighted by Gasteiger charge is 2.11. The number of benzene rings is 1. The molecule has 0 aliphatic heterocycles. The van der Waals surface area contributed by atoms with Gasteiger partial charge >= 0.3 is 0 Å². The Bertz CT molecular complexity index is 567. The molecule has 0 saturated heterocycles. The van der Waals surface area contributed by atoms with Gasteiger partial charge in [-0.1, -0.05) is 29.3 Å². The van der Waals surface area contributed by atoms with Crippen molar-refractivity contribution in [3.8, 4) is 0 Å². The molecule has 6 heteroatoms. The number of halogens is 4. The molecule has 1 atom stereocenters. The van der Waals surface area contributed by atoms with Crippen molar-refractivity contribution in [2.45, 2.75) is 19.5 Å². The molecule has 0 amide bonds. The summed E-state index contributed by atoms with van der Waals surface area (Å²) >= 11 is 18.8. The zero-order valence-corrected chi connectivity index (χ0v) is 14.7. The van der Waals surface area contributed by atoms with E-state index in [1.54, 1.807) is 6.07 Å². The van der Waals surface area contributed by atoms with E-state index < -0.39 is 0 Å². The summed E-state index contributed by atoms with van der Waals surface area (Å²) in [5.74, 6) is 0.843. The molecular formula is C13H11Br2Cl2NO. The van der Waals surface area contributed by atoms with Crippen LogP contribution in [0, 0.1) is 0 Å². The lowest BCUT2D eigenvalue weighted by molar-refractivity contribution is 0.446. The Kier molecular flexibility index (Phi) is 5.37. The van der Waals surface area contributed by atoms with Crippen LogP contribution in [0.3, 0.4) is 0 Å². The first kappa shape index (κ1) is 15.4. The number of nitrogens with one attached hydrogen (secondary N) is 1. The summed E-state index contributed by atoms with van der Waals surface area (Å²) in [6.45, 7) is 2.66. The molecule has 2 aromatic rings. The molecule has 1 aromatic heterocycles. The average Bonchev–Trinajstić information content (AvgIpc) is 2.66. The first-order chi connectivity index (χ1) is 8.97. The third kappa shape index (κ3) is 3.99. The highest BCUT2D eigenvalue weighted by atomic mass is 79.9. The first-order valence-electron chi connectivity index (χ1n) is 5.59. The van der Waals surface area contributed by atoms with E-state index in [-0.39, 0.29) is 6.04 Å². The number of furan rings is 1. The van der Waals surface area contributed by atoms with Gasteiger partial charge in [0.1, 0.15) is 5.76 Å². The fraction of sp³-hybridized carbons (Fsp3) is 0.231. The second kappa shape index (κ2) is 6.64. The fourth-order valence-electron chi connectivity index (χ4n) is 1.69. The minimum absolute atomic E-state index is 0.104. The van der Waals surface area contributed by atoms with Crippen molar-refractivity contribution in [2.75, 3.05) is 0 Å². The van der Waals surface area contributed by atoms with E-state index in [4.69, 9.17) is 27.6 Å². The van der Waals surface area contributed by atoms with Crippen molar-refractivity contribution in [2.24, 2.45) is 0 Å². The van der Waals surface area contributed by atoms with Crippen LogP contribution in [0.25, 0.3) is 0 Å². The molecule has 0 bridgehead atoms. The minimum atomic E-state index is 0.104. The van der Waals surface area contributed by atoms with Crippen molar-refractivity contribution < 1.29 is 4.42 Å². The lowest BCUT2D eigenvalue weighted by atomic mass is 10.1. The van der Waals surface area contributed by atoms with Crippen molar-refractivity contribution >= 4 is 55.1 Å². The lowest BCUT2D eigenvalue weighted by Gasteiger charge is -2.15. The number of hydrogen-bond donors (Lipinski definition) is 1. The van der Waals surface area contributed by atoms with Crippen LogP contribution in [0.1, 0.15) is 24.3 Å². The van der Waals surface area contributed by atoms with Crippen LogP contribution < -0.4 is 5.32 Å².